The Morgan fingerprint density at radius 1 is 1.40 bits per heavy atom. The van der Waals surface area contributed by atoms with Gasteiger partial charge in [-0.1, -0.05) is 35.1 Å². The molecule has 0 saturated carbocycles. The van der Waals surface area contributed by atoms with Crippen LogP contribution in [0.15, 0.2) is 35.4 Å². The van der Waals surface area contributed by atoms with E-state index in [1.807, 2.05) is 4.72 Å². The fourth-order valence-corrected chi connectivity index (χ4v) is 3.22. The third-order valence-corrected chi connectivity index (χ3v) is 4.58. The summed E-state index contributed by atoms with van der Waals surface area (Å²) < 4.78 is 26.2. The van der Waals surface area contributed by atoms with Crippen molar-refractivity contribution < 1.29 is 13.2 Å². The molecule has 106 valence electrons. The van der Waals surface area contributed by atoms with Gasteiger partial charge < -0.3 is 0 Å². The number of amides is 2. The van der Waals surface area contributed by atoms with Gasteiger partial charge in [-0.3, -0.25) is 5.32 Å². The summed E-state index contributed by atoms with van der Waals surface area (Å²) in [6, 6.07) is 5.34. The summed E-state index contributed by atoms with van der Waals surface area (Å²) in [5.74, 6) is 0. The third kappa shape index (κ3) is 3.69. The number of aryl methyl sites for hydroxylation is 1. The van der Waals surface area contributed by atoms with Crippen molar-refractivity contribution in [1.29, 1.82) is 0 Å². The second kappa shape index (κ2) is 5.78. The van der Waals surface area contributed by atoms with Crippen molar-refractivity contribution in [2.45, 2.75) is 11.8 Å². The van der Waals surface area contributed by atoms with Gasteiger partial charge in [-0.05, 0) is 24.6 Å². The van der Waals surface area contributed by atoms with Crippen LogP contribution in [0.1, 0.15) is 5.56 Å². The summed E-state index contributed by atoms with van der Waals surface area (Å²) in [6.07, 6.45) is 1.36. The Bertz CT molecular complexity index is 743. The summed E-state index contributed by atoms with van der Waals surface area (Å²) in [7, 11) is -3.91. The second-order valence-corrected chi connectivity index (χ2v) is 7.19. The molecule has 0 spiro atoms. The van der Waals surface area contributed by atoms with Crippen LogP contribution in [0.2, 0.25) is 4.34 Å². The molecule has 9 heteroatoms. The topological polar surface area (TPSA) is 88.2 Å². The van der Waals surface area contributed by atoms with Crippen LogP contribution >= 0.6 is 22.9 Å². The molecule has 0 fully saturated rings. The maximum absolute atomic E-state index is 12.0. The number of sulfonamides is 1. The molecule has 6 nitrogen and oxygen atoms in total. The standard InChI is InChI=1S/C11H10ClN3O3S2/c1-7-3-2-4-8(5-7)20(17,18)15-10(16)14-11-13-6-9(12)19-11/h2-6H,1H3,(H2,13,14,15,16). The molecule has 0 aliphatic rings. The van der Waals surface area contributed by atoms with Gasteiger partial charge in [0.05, 0.1) is 11.1 Å². The quantitative estimate of drug-likeness (QED) is 0.904. The number of nitrogens with zero attached hydrogens (tertiary/aromatic N) is 1. The lowest BCUT2D eigenvalue weighted by Gasteiger charge is -2.07. The number of urea groups is 1. The maximum Gasteiger partial charge on any atom is 0.334 e. The lowest BCUT2D eigenvalue weighted by molar-refractivity contribution is 0.256. The average Bonchev–Trinajstić information content (AvgIpc) is 2.73. The molecule has 0 bridgehead atoms. The molecule has 2 rings (SSSR count). The molecular weight excluding hydrogens is 322 g/mol. The summed E-state index contributed by atoms with van der Waals surface area (Å²) in [5, 5.41) is 2.51. The molecule has 0 atom stereocenters. The number of rotatable bonds is 3. The molecular formula is C11H10ClN3O3S2. The molecule has 0 radical (unpaired) electrons. The highest BCUT2D eigenvalue weighted by molar-refractivity contribution is 7.90. The summed E-state index contributed by atoms with van der Waals surface area (Å²) in [5.41, 5.74) is 0.778. The van der Waals surface area contributed by atoms with E-state index in [-0.39, 0.29) is 10.0 Å². The number of hydrogen-bond acceptors (Lipinski definition) is 5. The number of nitrogens with one attached hydrogen (secondary N) is 2. The smallest absolute Gasteiger partial charge is 0.283 e. The van der Waals surface area contributed by atoms with Crippen LogP contribution in [0.25, 0.3) is 0 Å². The van der Waals surface area contributed by atoms with Gasteiger partial charge in [0, 0.05) is 0 Å². The Balaban J connectivity index is 2.10. The highest BCUT2D eigenvalue weighted by atomic mass is 35.5. The Hall–Kier alpha value is -1.64. The minimum Gasteiger partial charge on any atom is -0.283 e. The highest BCUT2D eigenvalue weighted by Crippen LogP contribution is 2.22. The van der Waals surface area contributed by atoms with E-state index in [9.17, 15) is 13.2 Å². The van der Waals surface area contributed by atoms with Crippen LogP contribution in [0, 0.1) is 6.92 Å². The number of carbonyl (C=O) groups excluding carboxylic acids is 1. The SMILES string of the molecule is Cc1cccc(S(=O)(=O)NC(=O)Nc2ncc(Cl)s2)c1. The number of thiazole rings is 1. The molecule has 2 amide bonds. The molecule has 0 aliphatic carbocycles. The zero-order valence-corrected chi connectivity index (χ0v) is 12.6. The van der Waals surface area contributed by atoms with Crippen LogP contribution < -0.4 is 10.0 Å². The first-order valence-electron chi connectivity index (χ1n) is 5.38. The summed E-state index contributed by atoms with van der Waals surface area (Å²) in [4.78, 5) is 15.4. The van der Waals surface area contributed by atoms with Crippen LogP contribution in [-0.2, 0) is 10.0 Å². The van der Waals surface area contributed by atoms with Crippen LogP contribution in [0.4, 0.5) is 9.93 Å². The first-order chi connectivity index (χ1) is 9.37. The van der Waals surface area contributed by atoms with Gasteiger partial charge in [0.1, 0.15) is 4.34 Å². The minimum atomic E-state index is -3.91. The van der Waals surface area contributed by atoms with Crippen molar-refractivity contribution in [2.24, 2.45) is 0 Å². The van der Waals surface area contributed by atoms with Crippen molar-refractivity contribution in [2.75, 3.05) is 5.32 Å². The van der Waals surface area contributed by atoms with E-state index in [1.165, 1.54) is 18.3 Å². The predicted molar refractivity (Wildman–Crippen MR) is 77.6 cm³/mol. The molecule has 1 aromatic carbocycles. The molecule has 1 aromatic heterocycles. The minimum absolute atomic E-state index is 0.0184. The second-order valence-electron chi connectivity index (χ2n) is 3.85. The normalized spacial score (nSPS) is 11.1. The van der Waals surface area contributed by atoms with Crippen LogP contribution in [-0.4, -0.2) is 19.4 Å². The van der Waals surface area contributed by atoms with Crippen LogP contribution in [0.5, 0.6) is 0 Å². The molecule has 20 heavy (non-hydrogen) atoms. The van der Waals surface area contributed by atoms with Crippen molar-refractivity contribution >= 4 is 44.1 Å². The van der Waals surface area contributed by atoms with Gasteiger partial charge in [-0.25, -0.2) is 22.9 Å². The molecule has 2 aromatic rings. The van der Waals surface area contributed by atoms with E-state index >= 15 is 0 Å². The largest absolute Gasteiger partial charge is 0.334 e. The molecule has 0 saturated heterocycles. The average molecular weight is 332 g/mol. The van der Waals surface area contributed by atoms with Gasteiger partial charge >= 0.3 is 6.03 Å². The molecule has 2 N–H and O–H groups in total. The van der Waals surface area contributed by atoms with E-state index in [4.69, 9.17) is 11.6 Å². The Labute approximate surface area is 124 Å². The monoisotopic (exact) mass is 331 g/mol. The van der Waals surface area contributed by atoms with E-state index in [1.54, 1.807) is 19.1 Å². The Morgan fingerprint density at radius 3 is 2.75 bits per heavy atom. The number of benzene rings is 1. The lowest BCUT2D eigenvalue weighted by Crippen LogP contribution is -2.34. The number of aromatic nitrogens is 1. The van der Waals surface area contributed by atoms with E-state index < -0.39 is 16.1 Å². The Kier molecular flexibility index (Phi) is 4.26. The van der Waals surface area contributed by atoms with E-state index in [2.05, 4.69) is 10.3 Å². The van der Waals surface area contributed by atoms with E-state index in [0.29, 0.717) is 4.34 Å². The zero-order valence-electron chi connectivity index (χ0n) is 10.3. The lowest BCUT2D eigenvalue weighted by atomic mass is 10.2. The van der Waals surface area contributed by atoms with Crippen LogP contribution in [0.3, 0.4) is 0 Å². The Morgan fingerprint density at radius 2 is 2.15 bits per heavy atom. The van der Waals surface area contributed by atoms with Gasteiger partial charge in [0.15, 0.2) is 5.13 Å². The molecule has 1 heterocycles. The van der Waals surface area contributed by atoms with Gasteiger partial charge in [0.25, 0.3) is 10.0 Å². The maximum atomic E-state index is 12.0. The van der Waals surface area contributed by atoms with Gasteiger partial charge in [0.2, 0.25) is 0 Å². The number of carbonyl (C=O) groups is 1. The van der Waals surface area contributed by atoms with E-state index in [0.717, 1.165) is 16.9 Å². The van der Waals surface area contributed by atoms with Gasteiger partial charge in [-0.15, -0.1) is 0 Å². The number of anilines is 1. The first-order valence-corrected chi connectivity index (χ1v) is 8.06. The van der Waals surface area contributed by atoms with Crippen molar-refractivity contribution in [3.63, 3.8) is 0 Å². The van der Waals surface area contributed by atoms with Gasteiger partial charge in [-0.2, -0.15) is 0 Å². The summed E-state index contributed by atoms with van der Waals surface area (Å²) >= 11 is 6.68. The third-order valence-electron chi connectivity index (χ3n) is 2.22. The zero-order chi connectivity index (χ0) is 14.8. The number of hydrogen-bond donors (Lipinski definition) is 2. The molecule has 0 aliphatic heterocycles. The van der Waals surface area contributed by atoms with Crippen molar-refractivity contribution in [1.82, 2.24) is 9.71 Å². The van der Waals surface area contributed by atoms with Crippen molar-refractivity contribution in [3.8, 4) is 0 Å². The summed E-state index contributed by atoms with van der Waals surface area (Å²) in [6.45, 7) is 1.76. The van der Waals surface area contributed by atoms with Crippen molar-refractivity contribution in [3.05, 3.63) is 40.4 Å². The fourth-order valence-electron chi connectivity index (χ4n) is 1.40. The first kappa shape index (κ1) is 14.8. The highest BCUT2D eigenvalue weighted by Gasteiger charge is 2.18. The number of halogens is 1. The molecule has 0 unspecified atom stereocenters. The predicted octanol–water partition coefficient (Wildman–Crippen LogP) is 2.62. The fraction of sp³-hybridized carbons (Fsp3) is 0.0909.